The standard InChI is InChI=1S/C27H35N5O2/c1-5-32-26(18-25(29-32)22-7-6-8-23(17-22)27(3,4)28)34-24-11-9-21(10-12-24)19-30-13-15-31(16-14-30)20(2)33/h6-12,17-18H,5,13-16,19,28H2,1-4H3. The zero-order chi connectivity index (χ0) is 24.3. The summed E-state index contributed by atoms with van der Waals surface area (Å²) in [6, 6.07) is 18.4. The molecule has 1 aliphatic heterocycles. The van der Waals surface area contributed by atoms with Gasteiger partial charge in [0, 0.05) is 63.4 Å². The lowest BCUT2D eigenvalue weighted by Crippen LogP contribution is -2.47. The number of nitrogens with two attached hydrogens (primary N) is 1. The van der Waals surface area contributed by atoms with Crippen molar-refractivity contribution in [3.05, 3.63) is 65.7 Å². The molecule has 2 aromatic carbocycles. The van der Waals surface area contributed by atoms with E-state index in [9.17, 15) is 4.79 Å². The van der Waals surface area contributed by atoms with Crippen LogP contribution in [0.25, 0.3) is 11.3 Å². The number of carbonyl (C=O) groups excluding carboxylic acids is 1. The summed E-state index contributed by atoms with van der Waals surface area (Å²) >= 11 is 0. The van der Waals surface area contributed by atoms with Crippen LogP contribution in [0.5, 0.6) is 11.6 Å². The third-order valence-corrected chi connectivity index (χ3v) is 6.31. The number of carbonyl (C=O) groups is 1. The van der Waals surface area contributed by atoms with Crippen LogP contribution in [0.2, 0.25) is 0 Å². The molecule has 2 heterocycles. The van der Waals surface area contributed by atoms with E-state index < -0.39 is 5.54 Å². The number of benzene rings is 2. The predicted octanol–water partition coefficient (Wildman–Crippen LogP) is 4.22. The van der Waals surface area contributed by atoms with Crippen LogP contribution in [-0.2, 0) is 23.4 Å². The highest BCUT2D eigenvalue weighted by atomic mass is 16.5. The number of aromatic nitrogens is 2. The molecule has 1 saturated heterocycles. The Kier molecular flexibility index (Phi) is 7.05. The van der Waals surface area contributed by atoms with E-state index in [0.717, 1.165) is 55.3 Å². The van der Waals surface area contributed by atoms with Gasteiger partial charge in [0.15, 0.2) is 0 Å². The number of ether oxygens (including phenoxy) is 1. The van der Waals surface area contributed by atoms with Crippen molar-refractivity contribution in [1.82, 2.24) is 19.6 Å². The maximum Gasteiger partial charge on any atom is 0.219 e. The van der Waals surface area contributed by atoms with E-state index in [4.69, 9.17) is 15.6 Å². The lowest BCUT2D eigenvalue weighted by atomic mass is 9.93. The first-order chi connectivity index (χ1) is 16.2. The minimum atomic E-state index is -0.411. The van der Waals surface area contributed by atoms with Gasteiger partial charge in [-0.3, -0.25) is 9.69 Å². The average Bonchev–Trinajstić information content (AvgIpc) is 3.23. The number of piperazine rings is 1. The fourth-order valence-electron chi connectivity index (χ4n) is 4.19. The summed E-state index contributed by atoms with van der Waals surface area (Å²) in [5, 5.41) is 4.75. The molecule has 1 amide bonds. The molecule has 0 spiro atoms. The van der Waals surface area contributed by atoms with Gasteiger partial charge < -0.3 is 15.4 Å². The van der Waals surface area contributed by atoms with Crippen LogP contribution in [0.1, 0.15) is 38.8 Å². The Hall–Kier alpha value is -3.16. The summed E-state index contributed by atoms with van der Waals surface area (Å²) in [7, 11) is 0. The van der Waals surface area contributed by atoms with Gasteiger partial charge in [-0.2, -0.15) is 5.10 Å². The fraction of sp³-hybridized carbons (Fsp3) is 0.407. The van der Waals surface area contributed by atoms with E-state index >= 15 is 0 Å². The van der Waals surface area contributed by atoms with E-state index in [-0.39, 0.29) is 5.91 Å². The summed E-state index contributed by atoms with van der Waals surface area (Å²) in [5.74, 6) is 1.65. The maximum absolute atomic E-state index is 11.5. The number of hydrogen-bond acceptors (Lipinski definition) is 5. The van der Waals surface area contributed by atoms with Gasteiger partial charge in [-0.1, -0.05) is 30.3 Å². The number of aryl methyl sites for hydroxylation is 1. The van der Waals surface area contributed by atoms with Crippen LogP contribution in [0.4, 0.5) is 0 Å². The van der Waals surface area contributed by atoms with Crippen molar-refractivity contribution in [2.75, 3.05) is 26.2 Å². The van der Waals surface area contributed by atoms with Gasteiger partial charge in [-0.05, 0) is 50.1 Å². The topological polar surface area (TPSA) is 76.6 Å². The van der Waals surface area contributed by atoms with Gasteiger partial charge in [0.05, 0.1) is 5.69 Å². The Morgan fingerprint density at radius 1 is 1.06 bits per heavy atom. The van der Waals surface area contributed by atoms with Crippen molar-refractivity contribution in [3.8, 4) is 22.9 Å². The zero-order valence-corrected chi connectivity index (χ0v) is 20.6. The zero-order valence-electron chi connectivity index (χ0n) is 20.6. The van der Waals surface area contributed by atoms with Gasteiger partial charge in [0.2, 0.25) is 11.8 Å². The fourth-order valence-corrected chi connectivity index (χ4v) is 4.19. The van der Waals surface area contributed by atoms with Crippen molar-refractivity contribution in [2.45, 2.75) is 46.3 Å². The molecule has 0 atom stereocenters. The van der Waals surface area contributed by atoms with Gasteiger partial charge in [0.25, 0.3) is 0 Å². The van der Waals surface area contributed by atoms with Crippen molar-refractivity contribution in [3.63, 3.8) is 0 Å². The van der Waals surface area contributed by atoms with Gasteiger partial charge in [0.1, 0.15) is 5.75 Å². The molecular weight excluding hydrogens is 426 g/mol. The second kappa shape index (κ2) is 9.99. The molecular formula is C27H35N5O2. The highest BCUT2D eigenvalue weighted by Gasteiger charge is 2.19. The largest absolute Gasteiger partial charge is 0.439 e. The van der Waals surface area contributed by atoms with Crippen LogP contribution in [0.3, 0.4) is 0 Å². The molecule has 0 unspecified atom stereocenters. The Morgan fingerprint density at radius 2 is 1.76 bits per heavy atom. The summed E-state index contributed by atoms with van der Waals surface area (Å²) in [4.78, 5) is 15.8. The van der Waals surface area contributed by atoms with Crippen LogP contribution in [0, 0.1) is 0 Å². The van der Waals surface area contributed by atoms with Crippen LogP contribution in [0.15, 0.2) is 54.6 Å². The molecule has 1 aliphatic rings. The van der Waals surface area contributed by atoms with Gasteiger partial charge in [-0.15, -0.1) is 0 Å². The monoisotopic (exact) mass is 461 g/mol. The number of hydrogen-bond donors (Lipinski definition) is 1. The van der Waals surface area contributed by atoms with Gasteiger partial charge >= 0.3 is 0 Å². The molecule has 0 saturated carbocycles. The lowest BCUT2D eigenvalue weighted by Gasteiger charge is -2.34. The number of amides is 1. The first kappa shape index (κ1) is 24.0. The molecule has 0 aliphatic carbocycles. The van der Waals surface area contributed by atoms with Crippen molar-refractivity contribution >= 4 is 5.91 Å². The third-order valence-electron chi connectivity index (χ3n) is 6.31. The minimum Gasteiger partial charge on any atom is -0.439 e. The molecule has 0 bridgehead atoms. The minimum absolute atomic E-state index is 0.159. The lowest BCUT2D eigenvalue weighted by molar-refractivity contribution is -0.130. The summed E-state index contributed by atoms with van der Waals surface area (Å²) in [5.41, 5.74) is 10.1. The summed E-state index contributed by atoms with van der Waals surface area (Å²) in [6.07, 6.45) is 0. The van der Waals surface area contributed by atoms with Crippen LogP contribution in [-0.4, -0.2) is 51.7 Å². The Bertz CT molecular complexity index is 1120. The van der Waals surface area contributed by atoms with Crippen molar-refractivity contribution < 1.29 is 9.53 Å². The SMILES string of the molecule is CCn1nc(-c2cccc(C(C)(C)N)c2)cc1Oc1ccc(CN2CCN(C(C)=O)CC2)cc1. The van der Waals surface area contributed by atoms with E-state index in [0.29, 0.717) is 12.4 Å². The van der Waals surface area contributed by atoms with E-state index in [1.165, 1.54) is 5.56 Å². The van der Waals surface area contributed by atoms with Crippen LogP contribution >= 0.6 is 0 Å². The summed E-state index contributed by atoms with van der Waals surface area (Å²) in [6.45, 7) is 12.7. The molecule has 1 aromatic heterocycles. The predicted molar refractivity (Wildman–Crippen MR) is 135 cm³/mol. The quantitative estimate of drug-likeness (QED) is 0.570. The van der Waals surface area contributed by atoms with E-state index in [1.54, 1.807) is 6.92 Å². The van der Waals surface area contributed by atoms with Crippen LogP contribution < -0.4 is 10.5 Å². The smallest absolute Gasteiger partial charge is 0.219 e. The average molecular weight is 462 g/mol. The Balaban J connectivity index is 1.43. The molecule has 7 nitrogen and oxygen atoms in total. The summed E-state index contributed by atoms with van der Waals surface area (Å²) < 4.78 is 8.08. The van der Waals surface area contributed by atoms with Crippen molar-refractivity contribution in [1.29, 1.82) is 0 Å². The first-order valence-corrected chi connectivity index (χ1v) is 11.9. The second-order valence-electron chi connectivity index (χ2n) is 9.51. The number of nitrogens with zero attached hydrogens (tertiary/aromatic N) is 4. The number of rotatable bonds is 7. The molecule has 1 fully saturated rings. The molecule has 2 N–H and O–H groups in total. The molecule has 4 rings (SSSR count). The van der Waals surface area contributed by atoms with Gasteiger partial charge in [-0.25, -0.2) is 4.68 Å². The Morgan fingerprint density at radius 3 is 2.38 bits per heavy atom. The molecule has 34 heavy (non-hydrogen) atoms. The molecule has 180 valence electrons. The molecule has 3 aromatic rings. The highest BCUT2D eigenvalue weighted by molar-refractivity contribution is 5.73. The molecule has 7 heteroatoms. The maximum atomic E-state index is 11.5. The normalized spacial score (nSPS) is 14.9. The van der Waals surface area contributed by atoms with Crippen molar-refractivity contribution in [2.24, 2.45) is 5.73 Å². The van der Waals surface area contributed by atoms with E-state index in [1.807, 2.05) is 59.8 Å². The second-order valence-corrected chi connectivity index (χ2v) is 9.51. The molecule has 0 radical (unpaired) electrons. The van der Waals surface area contributed by atoms with E-state index in [2.05, 4.69) is 30.0 Å². The highest BCUT2D eigenvalue weighted by Crippen LogP contribution is 2.29. The third kappa shape index (κ3) is 5.66. The first-order valence-electron chi connectivity index (χ1n) is 11.9. The Labute approximate surface area is 202 Å².